The van der Waals surface area contributed by atoms with Gasteiger partial charge in [-0.1, -0.05) is 6.07 Å². The molecule has 0 saturated carbocycles. The number of carbonyl (C=O) groups excluding carboxylic acids is 1. The molecule has 1 atom stereocenters. The first-order chi connectivity index (χ1) is 7.44. The standard InChI is InChI=1S/C9H10F3NO2S/c1-15-8(14)7(6-3-2-4-16-6)13-5-9(10,11)12/h2-4,7,13H,5H2,1H3. The molecular formula is C9H10F3NO2S. The van der Waals surface area contributed by atoms with E-state index in [1.54, 1.807) is 17.5 Å². The van der Waals surface area contributed by atoms with Gasteiger partial charge in [0.1, 0.15) is 6.04 Å². The maximum Gasteiger partial charge on any atom is 0.401 e. The van der Waals surface area contributed by atoms with Crippen LogP contribution in [0.3, 0.4) is 0 Å². The van der Waals surface area contributed by atoms with E-state index in [2.05, 4.69) is 10.1 Å². The Hall–Kier alpha value is -1.08. The summed E-state index contributed by atoms with van der Waals surface area (Å²) in [5.41, 5.74) is 0. The topological polar surface area (TPSA) is 38.3 Å². The summed E-state index contributed by atoms with van der Waals surface area (Å²) in [6.07, 6.45) is -4.36. The lowest BCUT2D eigenvalue weighted by Gasteiger charge is -2.16. The van der Waals surface area contributed by atoms with Crippen LogP contribution in [0.4, 0.5) is 13.2 Å². The highest BCUT2D eigenvalue weighted by molar-refractivity contribution is 7.10. The minimum Gasteiger partial charge on any atom is -0.468 e. The van der Waals surface area contributed by atoms with E-state index in [0.29, 0.717) is 4.88 Å². The summed E-state index contributed by atoms with van der Waals surface area (Å²) in [5, 5.41) is 3.80. The summed E-state index contributed by atoms with van der Waals surface area (Å²) in [4.78, 5) is 11.8. The Morgan fingerprint density at radius 1 is 1.62 bits per heavy atom. The maximum atomic E-state index is 12.0. The third-order valence-corrected chi connectivity index (χ3v) is 2.71. The first-order valence-electron chi connectivity index (χ1n) is 4.35. The molecular weight excluding hydrogens is 243 g/mol. The summed E-state index contributed by atoms with van der Waals surface area (Å²) in [7, 11) is 1.14. The van der Waals surface area contributed by atoms with E-state index in [4.69, 9.17) is 0 Å². The van der Waals surface area contributed by atoms with Crippen molar-refractivity contribution >= 4 is 17.3 Å². The Balaban J connectivity index is 2.70. The highest BCUT2D eigenvalue weighted by atomic mass is 32.1. The average Bonchev–Trinajstić information content (AvgIpc) is 2.69. The lowest BCUT2D eigenvalue weighted by molar-refractivity contribution is -0.146. The molecule has 0 bridgehead atoms. The van der Waals surface area contributed by atoms with Gasteiger partial charge in [0.25, 0.3) is 0 Å². The van der Waals surface area contributed by atoms with E-state index in [9.17, 15) is 18.0 Å². The zero-order chi connectivity index (χ0) is 12.2. The van der Waals surface area contributed by atoms with Crippen LogP contribution < -0.4 is 5.32 Å². The number of esters is 1. The van der Waals surface area contributed by atoms with E-state index in [1.807, 2.05) is 0 Å². The Morgan fingerprint density at radius 3 is 2.75 bits per heavy atom. The Bertz CT molecular complexity index is 337. The van der Waals surface area contributed by atoms with Gasteiger partial charge in [0.05, 0.1) is 13.7 Å². The van der Waals surface area contributed by atoms with Crippen molar-refractivity contribution < 1.29 is 22.7 Å². The van der Waals surface area contributed by atoms with Crippen molar-refractivity contribution in [3.8, 4) is 0 Å². The van der Waals surface area contributed by atoms with Crippen LogP contribution in [0.2, 0.25) is 0 Å². The molecule has 0 spiro atoms. The quantitative estimate of drug-likeness (QED) is 0.835. The Labute approximate surface area is 94.2 Å². The van der Waals surface area contributed by atoms with Gasteiger partial charge >= 0.3 is 12.1 Å². The van der Waals surface area contributed by atoms with E-state index >= 15 is 0 Å². The van der Waals surface area contributed by atoms with Gasteiger partial charge in [-0.3, -0.25) is 5.32 Å². The fourth-order valence-electron chi connectivity index (χ4n) is 1.09. The van der Waals surface area contributed by atoms with Crippen molar-refractivity contribution in [2.45, 2.75) is 12.2 Å². The number of halogens is 3. The van der Waals surface area contributed by atoms with Gasteiger partial charge in [-0.15, -0.1) is 11.3 Å². The summed E-state index contributed by atoms with van der Waals surface area (Å²) in [6, 6.07) is 2.17. The fourth-order valence-corrected chi connectivity index (χ4v) is 1.88. The molecule has 0 aliphatic heterocycles. The van der Waals surface area contributed by atoms with Crippen molar-refractivity contribution in [2.24, 2.45) is 0 Å². The van der Waals surface area contributed by atoms with Crippen LogP contribution in [0.25, 0.3) is 0 Å². The van der Waals surface area contributed by atoms with Gasteiger partial charge in [-0.2, -0.15) is 13.2 Å². The third kappa shape index (κ3) is 3.82. The van der Waals surface area contributed by atoms with E-state index in [0.717, 1.165) is 7.11 Å². The Morgan fingerprint density at radius 2 is 2.31 bits per heavy atom. The molecule has 3 nitrogen and oxygen atoms in total. The maximum absolute atomic E-state index is 12.0. The van der Waals surface area contributed by atoms with Crippen LogP contribution >= 0.6 is 11.3 Å². The lowest BCUT2D eigenvalue weighted by atomic mass is 10.2. The minimum atomic E-state index is -4.36. The smallest absolute Gasteiger partial charge is 0.401 e. The van der Waals surface area contributed by atoms with Crippen molar-refractivity contribution in [3.63, 3.8) is 0 Å². The van der Waals surface area contributed by atoms with Gasteiger partial charge in [0, 0.05) is 4.88 Å². The van der Waals surface area contributed by atoms with Crippen molar-refractivity contribution in [1.82, 2.24) is 5.32 Å². The van der Waals surface area contributed by atoms with Gasteiger partial charge in [0.2, 0.25) is 0 Å². The molecule has 0 aliphatic carbocycles. The number of thiophene rings is 1. The summed E-state index contributed by atoms with van der Waals surface area (Å²) >= 11 is 1.19. The molecule has 1 N–H and O–H groups in total. The van der Waals surface area contributed by atoms with Crippen LogP contribution in [0.1, 0.15) is 10.9 Å². The zero-order valence-corrected chi connectivity index (χ0v) is 9.19. The zero-order valence-electron chi connectivity index (χ0n) is 8.38. The van der Waals surface area contributed by atoms with Gasteiger partial charge in [0.15, 0.2) is 0 Å². The second kappa shape index (κ2) is 5.31. The molecule has 1 rings (SSSR count). The Kier molecular flexibility index (Phi) is 4.31. The van der Waals surface area contributed by atoms with Crippen molar-refractivity contribution in [2.75, 3.05) is 13.7 Å². The number of rotatable bonds is 4. The molecule has 1 aromatic heterocycles. The summed E-state index contributed by atoms with van der Waals surface area (Å²) in [6.45, 7) is -1.23. The second-order valence-electron chi connectivity index (χ2n) is 2.97. The van der Waals surface area contributed by atoms with Crippen LogP contribution in [0, 0.1) is 0 Å². The minimum absolute atomic E-state index is 0.496. The number of methoxy groups -OCH3 is 1. The number of alkyl halides is 3. The van der Waals surface area contributed by atoms with Crippen molar-refractivity contribution in [1.29, 1.82) is 0 Å². The molecule has 0 saturated heterocycles. The van der Waals surface area contributed by atoms with Crippen molar-refractivity contribution in [3.05, 3.63) is 22.4 Å². The van der Waals surface area contributed by atoms with E-state index in [1.165, 1.54) is 11.3 Å². The lowest BCUT2D eigenvalue weighted by Crippen LogP contribution is -2.36. The molecule has 0 radical (unpaired) electrons. The van der Waals surface area contributed by atoms with Gasteiger partial charge in [-0.25, -0.2) is 4.79 Å². The molecule has 0 aliphatic rings. The molecule has 90 valence electrons. The third-order valence-electron chi connectivity index (χ3n) is 1.77. The monoisotopic (exact) mass is 253 g/mol. The first-order valence-corrected chi connectivity index (χ1v) is 5.23. The van der Waals surface area contributed by atoms with Gasteiger partial charge < -0.3 is 4.74 Å². The summed E-state index contributed by atoms with van der Waals surface area (Å²) < 4.78 is 40.5. The molecule has 0 aromatic carbocycles. The normalized spacial score (nSPS) is 13.5. The van der Waals surface area contributed by atoms with E-state index < -0.39 is 24.7 Å². The fraction of sp³-hybridized carbons (Fsp3) is 0.444. The highest BCUT2D eigenvalue weighted by Crippen LogP contribution is 2.22. The van der Waals surface area contributed by atoms with Gasteiger partial charge in [-0.05, 0) is 11.4 Å². The number of ether oxygens (including phenoxy) is 1. The molecule has 0 amide bonds. The largest absolute Gasteiger partial charge is 0.468 e. The first kappa shape index (κ1) is 13.0. The number of hydrogen-bond donors (Lipinski definition) is 1. The van der Waals surface area contributed by atoms with Crippen LogP contribution in [0.5, 0.6) is 0 Å². The SMILES string of the molecule is COC(=O)C(NCC(F)(F)F)c1cccs1. The molecule has 1 unspecified atom stereocenters. The van der Waals surface area contributed by atoms with Crippen LogP contribution in [0.15, 0.2) is 17.5 Å². The predicted molar refractivity (Wildman–Crippen MR) is 53.1 cm³/mol. The highest BCUT2D eigenvalue weighted by Gasteiger charge is 2.31. The molecule has 1 aromatic rings. The van der Waals surface area contributed by atoms with Crippen LogP contribution in [-0.4, -0.2) is 25.8 Å². The second-order valence-corrected chi connectivity index (χ2v) is 3.95. The molecule has 0 fully saturated rings. The molecule has 7 heteroatoms. The number of carbonyl (C=O) groups is 1. The summed E-state index contributed by atoms with van der Waals surface area (Å²) in [5.74, 6) is -0.730. The average molecular weight is 253 g/mol. The predicted octanol–water partition coefficient (Wildman–Crippen LogP) is 2.11. The molecule has 16 heavy (non-hydrogen) atoms. The van der Waals surface area contributed by atoms with E-state index in [-0.39, 0.29) is 0 Å². The number of nitrogens with one attached hydrogen (secondary N) is 1. The molecule has 1 heterocycles. The number of hydrogen-bond acceptors (Lipinski definition) is 4. The van der Waals surface area contributed by atoms with Crippen LogP contribution in [-0.2, 0) is 9.53 Å².